The van der Waals surface area contributed by atoms with E-state index in [4.69, 9.17) is 5.73 Å². The standard InChI is InChI=1S/C5H11NO2.C4H4N2/c1-5(2,3)8-4(6)7;1-2-5-4-6-3-1/h1-3H3,(H2,6,7);1-4H. The Morgan fingerprint density at radius 2 is 1.79 bits per heavy atom. The average Bonchev–Trinajstić information content (AvgIpc) is 2.03. The lowest BCUT2D eigenvalue weighted by Crippen LogP contribution is -2.27. The first kappa shape index (κ1) is 12.3. The van der Waals surface area contributed by atoms with Crippen LogP contribution in [0.5, 0.6) is 0 Å². The van der Waals surface area contributed by atoms with Gasteiger partial charge < -0.3 is 10.5 Å². The summed E-state index contributed by atoms with van der Waals surface area (Å²) in [4.78, 5) is 17.4. The normalized spacial score (nSPS) is 9.64. The number of hydrogen-bond acceptors (Lipinski definition) is 4. The number of carbonyl (C=O) groups is 1. The third-order valence-electron chi connectivity index (χ3n) is 0.884. The number of amides is 1. The summed E-state index contributed by atoms with van der Waals surface area (Å²) in [7, 11) is 0. The van der Waals surface area contributed by atoms with Crippen molar-refractivity contribution in [3.63, 3.8) is 0 Å². The average molecular weight is 197 g/mol. The predicted molar refractivity (Wildman–Crippen MR) is 52.5 cm³/mol. The van der Waals surface area contributed by atoms with Crippen molar-refractivity contribution in [2.75, 3.05) is 0 Å². The molecule has 0 fully saturated rings. The van der Waals surface area contributed by atoms with Gasteiger partial charge in [0.15, 0.2) is 0 Å². The van der Waals surface area contributed by atoms with Crippen LogP contribution < -0.4 is 5.73 Å². The van der Waals surface area contributed by atoms with Gasteiger partial charge in [-0.05, 0) is 26.8 Å². The molecule has 0 spiro atoms. The van der Waals surface area contributed by atoms with Gasteiger partial charge in [0, 0.05) is 12.4 Å². The van der Waals surface area contributed by atoms with Gasteiger partial charge in [0.05, 0.1) is 0 Å². The Labute approximate surface area is 83.3 Å². The van der Waals surface area contributed by atoms with Crippen LogP contribution in [0.4, 0.5) is 4.79 Å². The van der Waals surface area contributed by atoms with Crippen LogP contribution in [0.3, 0.4) is 0 Å². The Kier molecular flexibility index (Phi) is 5.21. The fraction of sp³-hybridized carbons (Fsp3) is 0.444. The second kappa shape index (κ2) is 5.90. The van der Waals surface area contributed by atoms with E-state index in [1.165, 1.54) is 6.33 Å². The molecular weight excluding hydrogens is 182 g/mol. The first-order valence-corrected chi connectivity index (χ1v) is 4.10. The van der Waals surface area contributed by atoms with E-state index >= 15 is 0 Å². The quantitative estimate of drug-likeness (QED) is 0.681. The van der Waals surface area contributed by atoms with Crippen molar-refractivity contribution in [3.8, 4) is 0 Å². The molecule has 1 rings (SSSR count). The van der Waals surface area contributed by atoms with E-state index in [1.54, 1.807) is 39.2 Å². The summed E-state index contributed by atoms with van der Waals surface area (Å²) in [5.41, 5.74) is 4.26. The zero-order valence-electron chi connectivity index (χ0n) is 8.60. The van der Waals surface area contributed by atoms with Gasteiger partial charge in [-0.2, -0.15) is 0 Å². The number of nitrogens with two attached hydrogens (primary N) is 1. The van der Waals surface area contributed by atoms with Crippen LogP contribution in [0.1, 0.15) is 20.8 Å². The molecule has 0 radical (unpaired) electrons. The molecule has 0 aliphatic heterocycles. The van der Waals surface area contributed by atoms with Crippen molar-refractivity contribution >= 4 is 6.09 Å². The van der Waals surface area contributed by atoms with E-state index < -0.39 is 11.7 Å². The second-order valence-corrected chi connectivity index (χ2v) is 3.44. The summed E-state index contributed by atoms with van der Waals surface area (Å²) in [6, 6.07) is 1.78. The lowest BCUT2D eigenvalue weighted by Gasteiger charge is -2.16. The molecule has 0 saturated heterocycles. The highest BCUT2D eigenvalue weighted by molar-refractivity contribution is 5.65. The lowest BCUT2D eigenvalue weighted by atomic mass is 10.2. The molecule has 0 aromatic carbocycles. The SMILES string of the molecule is CC(C)(C)OC(N)=O.c1cncnc1. The molecular formula is C9H15N3O2. The minimum Gasteiger partial charge on any atom is -0.444 e. The van der Waals surface area contributed by atoms with Crippen molar-refractivity contribution < 1.29 is 9.53 Å². The van der Waals surface area contributed by atoms with Gasteiger partial charge in [0.25, 0.3) is 0 Å². The summed E-state index contributed by atoms with van der Waals surface area (Å²) in [6.07, 6.45) is 4.15. The number of aromatic nitrogens is 2. The smallest absolute Gasteiger partial charge is 0.405 e. The van der Waals surface area contributed by atoms with Crippen molar-refractivity contribution in [2.24, 2.45) is 5.73 Å². The van der Waals surface area contributed by atoms with Gasteiger partial charge in [-0.25, -0.2) is 14.8 Å². The molecule has 0 aliphatic carbocycles. The van der Waals surface area contributed by atoms with Crippen LogP contribution in [0, 0.1) is 0 Å². The molecule has 78 valence electrons. The van der Waals surface area contributed by atoms with Crippen molar-refractivity contribution in [1.29, 1.82) is 0 Å². The highest BCUT2D eigenvalue weighted by Crippen LogP contribution is 2.04. The molecule has 1 aromatic rings. The van der Waals surface area contributed by atoms with Gasteiger partial charge in [0.1, 0.15) is 11.9 Å². The zero-order chi connectivity index (χ0) is 11.0. The Balaban J connectivity index is 0.000000249. The molecule has 0 aliphatic rings. The summed E-state index contributed by atoms with van der Waals surface area (Å²) >= 11 is 0. The minimum atomic E-state index is -0.725. The molecule has 2 N–H and O–H groups in total. The summed E-state index contributed by atoms with van der Waals surface area (Å²) in [5.74, 6) is 0. The Hall–Kier alpha value is -1.65. The number of ether oxygens (including phenoxy) is 1. The van der Waals surface area contributed by atoms with Gasteiger partial charge >= 0.3 is 6.09 Å². The first-order valence-electron chi connectivity index (χ1n) is 4.10. The maximum Gasteiger partial charge on any atom is 0.405 e. The molecule has 1 amide bonds. The number of rotatable bonds is 0. The van der Waals surface area contributed by atoms with Crippen molar-refractivity contribution in [3.05, 3.63) is 24.8 Å². The molecule has 1 aromatic heterocycles. The van der Waals surface area contributed by atoms with Crippen LogP contribution in [-0.2, 0) is 4.74 Å². The van der Waals surface area contributed by atoms with E-state index in [0.29, 0.717) is 0 Å². The van der Waals surface area contributed by atoms with E-state index in [2.05, 4.69) is 14.7 Å². The third-order valence-corrected chi connectivity index (χ3v) is 0.884. The Bertz CT molecular complexity index is 230. The van der Waals surface area contributed by atoms with Crippen LogP contribution in [0.2, 0.25) is 0 Å². The fourth-order valence-corrected chi connectivity index (χ4v) is 0.555. The van der Waals surface area contributed by atoms with E-state index in [9.17, 15) is 4.79 Å². The summed E-state index contributed by atoms with van der Waals surface area (Å²) < 4.78 is 4.58. The van der Waals surface area contributed by atoms with Gasteiger partial charge in [0.2, 0.25) is 0 Å². The molecule has 1 heterocycles. The third kappa shape index (κ3) is 10.3. The first-order chi connectivity index (χ1) is 6.42. The van der Waals surface area contributed by atoms with Gasteiger partial charge in [-0.15, -0.1) is 0 Å². The maximum atomic E-state index is 10.0. The minimum absolute atomic E-state index is 0.453. The monoisotopic (exact) mass is 197 g/mol. The predicted octanol–water partition coefficient (Wildman–Crippen LogP) is 1.36. The maximum absolute atomic E-state index is 10.0. The van der Waals surface area contributed by atoms with Crippen molar-refractivity contribution in [2.45, 2.75) is 26.4 Å². The van der Waals surface area contributed by atoms with Crippen molar-refractivity contribution in [1.82, 2.24) is 9.97 Å². The zero-order valence-corrected chi connectivity index (χ0v) is 8.60. The summed E-state index contributed by atoms with van der Waals surface area (Å²) in [5, 5.41) is 0. The fourth-order valence-electron chi connectivity index (χ4n) is 0.555. The Morgan fingerprint density at radius 1 is 1.29 bits per heavy atom. The van der Waals surface area contributed by atoms with E-state index in [0.717, 1.165) is 0 Å². The molecule has 14 heavy (non-hydrogen) atoms. The highest BCUT2D eigenvalue weighted by atomic mass is 16.6. The molecule has 5 heteroatoms. The molecule has 5 nitrogen and oxygen atoms in total. The number of primary amides is 1. The number of nitrogens with zero attached hydrogens (tertiary/aromatic N) is 2. The Morgan fingerprint density at radius 3 is 1.86 bits per heavy atom. The van der Waals surface area contributed by atoms with Crippen LogP contribution in [0.25, 0.3) is 0 Å². The number of carbonyl (C=O) groups excluding carboxylic acids is 1. The molecule has 0 bridgehead atoms. The van der Waals surface area contributed by atoms with Crippen LogP contribution in [-0.4, -0.2) is 21.7 Å². The lowest BCUT2D eigenvalue weighted by molar-refractivity contribution is 0.0600. The van der Waals surface area contributed by atoms with Crippen LogP contribution in [0.15, 0.2) is 24.8 Å². The van der Waals surface area contributed by atoms with Gasteiger partial charge in [-0.1, -0.05) is 0 Å². The highest BCUT2D eigenvalue weighted by Gasteiger charge is 2.12. The van der Waals surface area contributed by atoms with Gasteiger partial charge in [-0.3, -0.25) is 0 Å². The van der Waals surface area contributed by atoms with E-state index in [1.807, 2.05) is 0 Å². The second-order valence-electron chi connectivity index (χ2n) is 3.44. The molecule has 0 saturated carbocycles. The molecule has 0 unspecified atom stereocenters. The van der Waals surface area contributed by atoms with Crippen LogP contribution >= 0.6 is 0 Å². The summed E-state index contributed by atoms with van der Waals surface area (Å²) in [6.45, 7) is 5.28. The molecule has 0 atom stereocenters. The van der Waals surface area contributed by atoms with E-state index in [-0.39, 0.29) is 0 Å². The number of hydrogen-bond donors (Lipinski definition) is 1. The largest absolute Gasteiger partial charge is 0.444 e. The topological polar surface area (TPSA) is 78.1 Å².